The Hall–Kier alpha value is -0.170. The number of methoxy groups -OCH3 is 1. The molecule has 1 atom stereocenters. The molecule has 104 valence electrons. The lowest BCUT2D eigenvalue weighted by molar-refractivity contribution is 0.193. The van der Waals surface area contributed by atoms with Crippen LogP contribution in [0.5, 0.6) is 0 Å². The van der Waals surface area contributed by atoms with Gasteiger partial charge in [-0.1, -0.05) is 13.8 Å². The van der Waals surface area contributed by atoms with Crippen molar-refractivity contribution in [2.75, 3.05) is 26.8 Å². The van der Waals surface area contributed by atoms with Crippen molar-refractivity contribution in [2.24, 2.45) is 0 Å². The van der Waals surface area contributed by atoms with E-state index in [1.807, 2.05) is 13.8 Å². The molecule has 0 amide bonds. The summed E-state index contributed by atoms with van der Waals surface area (Å²) >= 11 is 0. The topological polar surface area (TPSA) is 67.4 Å². The summed E-state index contributed by atoms with van der Waals surface area (Å²) in [4.78, 5) is 0. The molecule has 0 radical (unpaired) electrons. The first-order valence-corrected chi connectivity index (χ1v) is 7.65. The summed E-state index contributed by atoms with van der Waals surface area (Å²) in [6.45, 7) is 7.34. The predicted molar refractivity (Wildman–Crippen MR) is 70.6 cm³/mol. The Labute approximate surface area is 105 Å². The van der Waals surface area contributed by atoms with Gasteiger partial charge in [0, 0.05) is 32.8 Å². The largest absolute Gasteiger partial charge is 0.385 e. The van der Waals surface area contributed by atoms with Gasteiger partial charge in [0.05, 0.1) is 5.25 Å². The second-order valence-corrected chi connectivity index (χ2v) is 6.70. The van der Waals surface area contributed by atoms with Crippen LogP contribution in [0.2, 0.25) is 0 Å². The minimum Gasteiger partial charge on any atom is -0.385 e. The molecule has 5 nitrogen and oxygen atoms in total. The molecule has 0 saturated carbocycles. The van der Waals surface area contributed by atoms with E-state index in [0.29, 0.717) is 25.7 Å². The van der Waals surface area contributed by atoms with Gasteiger partial charge in [0.25, 0.3) is 0 Å². The molecule has 0 aliphatic carbocycles. The zero-order chi connectivity index (χ0) is 13.3. The van der Waals surface area contributed by atoms with E-state index in [1.54, 1.807) is 14.0 Å². The highest BCUT2D eigenvalue weighted by molar-refractivity contribution is 7.90. The molecule has 0 saturated heterocycles. The van der Waals surface area contributed by atoms with Crippen molar-refractivity contribution in [1.29, 1.82) is 0 Å². The number of sulfonamides is 1. The van der Waals surface area contributed by atoms with Gasteiger partial charge >= 0.3 is 0 Å². The lowest BCUT2D eigenvalue weighted by atomic mass is 10.3. The minimum atomic E-state index is -3.20. The maximum atomic E-state index is 11.8. The van der Waals surface area contributed by atoms with Crippen molar-refractivity contribution in [3.05, 3.63) is 0 Å². The van der Waals surface area contributed by atoms with Crippen LogP contribution in [-0.2, 0) is 14.8 Å². The standard InChI is InChI=1S/C11H26N2O3S/c1-10(2)12-9-11(3)17(14,15)13-7-5-6-8-16-4/h10-13H,5-9H2,1-4H3. The normalized spacial score (nSPS) is 14.2. The maximum Gasteiger partial charge on any atom is 0.215 e. The first kappa shape index (κ1) is 16.8. The molecular weight excluding hydrogens is 240 g/mol. The fraction of sp³-hybridized carbons (Fsp3) is 1.00. The molecular formula is C11H26N2O3S. The Balaban J connectivity index is 3.85. The SMILES string of the molecule is COCCCCNS(=O)(=O)C(C)CNC(C)C. The third kappa shape index (κ3) is 8.54. The van der Waals surface area contributed by atoms with E-state index < -0.39 is 15.3 Å². The molecule has 0 heterocycles. The Bertz CT molecular complexity index is 278. The Morgan fingerprint density at radius 2 is 1.82 bits per heavy atom. The molecule has 0 aliphatic rings. The summed E-state index contributed by atoms with van der Waals surface area (Å²) in [5, 5.41) is 2.71. The van der Waals surface area contributed by atoms with Crippen LogP contribution in [0.4, 0.5) is 0 Å². The van der Waals surface area contributed by atoms with Gasteiger partial charge in [-0.15, -0.1) is 0 Å². The second kappa shape index (κ2) is 8.85. The fourth-order valence-electron chi connectivity index (χ4n) is 1.24. The van der Waals surface area contributed by atoms with Crippen molar-refractivity contribution in [3.8, 4) is 0 Å². The first-order valence-electron chi connectivity index (χ1n) is 6.11. The van der Waals surface area contributed by atoms with E-state index in [-0.39, 0.29) is 0 Å². The van der Waals surface area contributed by atoms with E-state index in [1.165, 1.54) is 0 Å². The molecule has 0 aromatic rings. The van der Waals surface area contributed by atoms with Crippen LogP contribution in [0.15, 0.2) is 0 Å². The van der Waals surface area contributed by atoms with Gasteiger partial charge in [0.15, 0.2) is 0 Å². The van der Waals surface area contributed by atoms with E-state index >= 15 is 0 Å². The number of rotatable bonds is 10. The van der Waals surface area contributed by atoms with Crippen LogP contribution in [-0.4, -0.2) is 46.5 Å². The molecule has 0 rings (SSSR count). The number of ether oxygens (including phenoxy) is 1. The lowest BCUT2D eigenvalue weighted by Crippen LogP contribution is -2.41. The molecule has 6 heteroatoms. The minimum absolute atomic E-state index is 0.300. The van der Waals surface area contributed by atoms with E-state index in [4.69, 9.17) is 4.74 Å². The number of hydrogen-bond acceptors (Lipinski definition) is 4. The van der Waals surface area contributed by atoms with Gasteiger partial charge < -0.3 is 10.1 Å². The lowest BCUT2D eigenvalue weighted by Gasteiger charge is -2.16. The molecule has 0 aliphatic heterocycles. The van der Waals surface area contributed by atoms with Crippen molar-refractivity contribution in [3.63, 3.8) is 0 Å². The predicted octanol–water partition coefficient (Wildman–Crippen LogP) is 0.719. The quantitative estimate of drug-likeness (QED) is 0.572. The highest BCUT2D eigenvalue weighted by atomic mass is 32.2. The number of nitrogens with one attached hydrogen (secondary N) is 2. The maximum absolute atomic E-state index is 11.8. The van der Waals surface area contributed by atoms with Crippen LogP contribution < -0.4 is 10.0 Å². The van der Waals surface area contributed by atoms with Crippen LogP contribution in [0.25, 0.3) is 0 Å². The van der Waals surface area contributed by atoms with Gasteiger partial charge in [-0.05, 0) is 19.8 Å². The second-order valence-electron chi connectivity index (χ2n) is 4.51. The smallest absolute Gasteiger partial charge is 0.215 e. The number of hydrogen-bond donors (Lipinski definition) is 2. The van der Waals surface area contributed by atoms with Gasteiger partial charge in [0.2, 0.25) is 10.0 Å². The highest BCUT2D eigenvalue weighted by Gasteiger charge is 2.19. The monoisotopic (exact) mass is 266 g/mol. The van der Waals surface area contributed by atoms with Gasteiger partial charge in [0.1, 0.15) is 0 Å². The van der Waals surface area contributed by atoms with Crippen molar-refractivity contribution in [2.45, 2.75) is 44.9 Å². The van der Waals surface area contributed by atoms with Gasteiger partial charge in [-0.3, -0.25) is 0 Å². The van der Waals surface area contributed by atoms with E-state index in [9.17, 15) is 8.42 Å². The zero-order valence-electron chi connectivity index (χ0n) is 11.3. The molecule has 1 unspecified atom stereocenters. The van der Waals surface area contributed by atoms with Crippen molar-refractivity contribution < 1.29 is 13.2 Å². The molecule has 0 aromatic carbocycles. The Kier molecular flexibility index (Phi) is 8.77. The van der Waals surface area contributed by atoms with Crippen LogP contribution in [0.1, 0.15) is 33.6 Å². The van der Waals surface area contributed by atoms with Gasteiger partial charge in [-0.25, -0.2) is 13.1 Å². The molecule has 0 spiro atoms. The molecule has 2 N–H and O–H groups in total. The van der Waals surface area contributed by atoms with Crippen molar-refractivity contribution in [1.82, 2.24) is 10.0 Å². The number of unbranched alkanes of at least 4 members (excludes halogenated alkanes) is 1. The molecule has 17 heavy (non-hydrogen) atoms. The van der Waals surface area contributed by atoms with Crippen molar-refractivity contribution >= 4 is 10.0 Å². The Morgan fingerprint density at radius 3 is 2.35 bits per heavy atom. The van der Waals surface area contributed by atoms with Crippen LogP contribution in [0, 0.1) is 0 Å². The average molecular weight is 266 g/mol. The summed E-state index contributed by atoms with van der Waals surface area (Å²) in [5.41, 5.74) is 0. The third-order valence-electron chi connectivity index (χ3n) is 2.42. The average Bonchev–Trinajstić information content (AvgIpc) is 2.25. The summed E-state index contributed by atoms with van der Waals surface area (Å²) in [6, 6.07) is 0.300. The summed E-state index contributed by atoms with van der Waals surface area (Å²) in [7, 11) is -1.55. The van der Waals surface area contributed by atoms with E-state index in [0.717, 1.165) is 12.8 Å². The summed E-state index contributed by atoms with van der Waals surface area (Å²) in [5.74, 6) is 0. The summed E-state index contributed by atoms with van der Waals surface area (Å²) < 4.78 is 31.1. The van der Waals surface area contributed by atoms with Crippen LogP contribution >= 0.6 is 0 Å². The Morgan fingerprint density at radius 1 is 1.18 bits per heavy atom. The van der Waals surface area contributed by atoms with E-state index in [2.05, 4.69) is 10.0 Å². The third-order valence-corrected chi connectivity index (χ3v) is 4.25. The van der Waals surface area contributed by atoms with Crippen LogP contribution in [0.3, 0.4) is 0 Å². The highest BCUT2D eigenvalue weighted by Crippen LogP contribution is 1.98. The first-order chi connectivity index (χ1) is 7.90. The molecule has 0 bridgehead atoms. The molecule has 0 aromatic heterocycles. The molecule has 0 fully saturated rings. The zero-order valence-corrected chi connectivity index (χ0v) is 12.1. The van der Waals surface area contributed by atoms with Gasteiger partial charge in [-0.2, -0.15) is 0 Å². The fourth-order valence-corrected chi connectivity index (χ4v) is 2.27. The summed E-state index contributed by atoms with van der Waals surface area (Å²) in [6.07, 6.45) is 1.68.